The molecule has 125 heavy (non-hydrogen) atoms. The van der Waals surface area contributed by atoms with E-state index >= 15 is 0 Å². The summed E-state index contributed by atoms with van der Waals surface area (Å²) in [5.41, 5.74) is 3.16. The van der Waals surface area contributed by atoms with Crippen molar-refractivity contribution in [1.29, 1.82) is 0 Å². The van der Waals surface area contributed by atoms with Crippen LogP contribution in [0.3, 0.4) is 0 Å². The van der Waals surface area contributed by atoms with E-state index < -0.39 is 27.8 Å². The zero-order valence-electron chi connectivity index (χ0n) is 74.6. The van der Waals surface area contributed by atoms with Gasteiger partial charge in [-0.2, -0.15) is 0 Å². The first-order chi connectivity index (χ1) is 59.9. The highest BCUT2D eigenvalue weighted by molar-refractivity contribution is 6.11. The van der Waals surface area contributed by atoms with Crippen LogP contribution in [0.25, 0.3) is 87.2 Å². The summed E-state index contributed by atoms with van der Waals surface area (Å²) in [4.78, 5) is 76.5. The Bertz CT molecular complexity index is 4990. The summed E-state index contributed by atoms with van der Waals surface area (Å²) < 4.78 is 81.7. The summed E-state index contributed by atoms with van der Waals surface area (Å²) in [6.07, 6.45) is 0.0635. The Balaban J connectivity index is 0.752. The fourth-order valence-electron chi connectivity index (χ4n) is 16.0. The third-order valence-corrected chi connectivity index (χ3v) is 21.2. The Morgan fingerprint density at radius 3 is 0.696 bits per heavy atom. The molecule has 0 bridgehead atoms. The highest BCUT2D eigenvalue weighted by atomic mass is 16.6. The smallest absolute Gasteiger partial charge is 0.162 e. The molecule has 28 heteroatoms. The number of nitrogens with zero attached hydrogens (tertiary/aromatic N) is 8. The van der Waals surface area contributed by atoms with Crippen LogP contribution in [0, 0.1) is 5.41 Å². The molecule has 28 nitrogen and oxygen atoms in total. The number of benzene rings is 8. The van der Waals surface area contributed by atoms with Crippen molar-refractivity contribution in [2.24, 2.45) is 5.41 Å². The Kier molecular flexibility index (Phi) is 33.0. The fraction of sp³-hybridized carbons (Fsp3) is 0.505. The number of fused-ring (bicyclic) bond motifs is 12. The lowest BCUT2D eigenvalue weighted by Crippen LogP contribution is -2.43. The largest absolute Gasteiger partial charge is 0.389 e. The van der Waals surface area contributed by atoms with E-state index in [0.29, 0.717) is 94.0 Å². The van der Waals surface area contributed by atoms with Gasteiger partial charge < -0.3 is 95.5 Å². The molecule has 0 atom stereocenters. The standard InChI is InChI=1S/C97H124N8O20/c1-13-114-53-81-98-85-69(41-65-25-17-21-29-77(65)89(85)102(81)57-93(5,6)110)45-73(106)49-118-33-37-122-61-97(62-123-38-34-119-50-74(107)46-70-42-66-26-18-22-30-78(66)90-86(70)99-82(54-115-14-2)103(90)58-94(7,8)111,63-124-39-35-120-51-75(108)47-71-43-67-27-19-23-31-79(67)91-87(71)100-83(55-116-15-3)104(91)59-95(9,10)112)64-125-40-36-121-52-76(109)48-72-44-68-28-20-24-32-80(68)92-88(72)101-84(56-117-16-4)105(92)60-96(11,12)113/h17-32,41-44,110-113H,13-16,33-40,45-64H2,1-12H3. The number of ether oxygens (including phenoxy) is 12. The minimum absolute atomic E-state index is 0.0159. The van der Waals surface area contributed by atoms with E-state index in [4.69, 9.17) is 76.8 Å². The predicted molar refractivity (Wildman–Crippen MR) is 479 cm³/mol. The summed E-state index contributed by atoms with van der Waals surface area (Å²) in [7, 11) is 0. The molecule has 0 amide bonds. The average molecular weight is 1720 g/mol. The van der Waals surface area contributed by atoms with E-state index in [0.717, 1.165) is 65.2 Å². The quantitative estimate of drug-likeness (QED) is 0.0257. The predicted octanol–water partition coefficient (Wildman–Crippen LogP) is 12.6. The van der Waals surface area contributed by atoms with Crippen molar-refractivity contribution >= 4 is 110 Å². The lowest BCUT2D eigenvalue weighted by molar-refractivity contribution is -0.130. The highest BCUT2D eigenvalue weighted by Crippen LogP contribution is 2.38. The van der Waals surface area contributed by atoms with Crippen LogP contribution < -0.4 is 0 Å². The number of hydrogen-bond donors (Lipinski definition) is 4. The fourth-order valence-corrected chi connectivity index (χ4v) is 16.0. The summed E-state index contributed by atoms with van der Waals surface area (Å²) in [6.45, 7) is 24.4. The summed E-state index contributed by atoms with van der Waals surface area (Å²) >= 11 is 0. The Labute approximate surface area is 729 Å². The first kappa shape index (κ1) is 94.8. The van der Waals surface area contributed by atoms with E-state index in [-0.39, 0.29) is 207 Å². The van der Waals surface area contributed by atoms with Gasteiger partial charge in [-0.25, -0.2) is 19.9 Å². The molecule has 0 aliphatic rings. The lowest BCUT2D eigenvalue weighted by Gasteiger charge is -2.33. The van der Waals surface area contributed by atoms with Gasteiger partial charge in [-0.15, -0.1) is 0 Å². The molecule has 4 aromatic heterocycles. The Hall–Kier alpha value is -9.28. The number of hydrogen-bond acceptors (Lipinski definition) is 24. The molecule has 0 unspecified atom stereocenters. The van der Waals surface area contributed by atoms with E-state index in [1.54, 1.807) is 55.4 Å². The van der Waals surface area contributed by atoms with Gasteiger partial charge in [0.05, 0.1) is 177 Å². The van der Waals surface area contributed by atoms with Gasteiger partial charge in [0.1, 0.15) is 76.2 Å². The van der Waals surface area contributed by atoms with Gasteiger partial charge in [-0.1, -0.05) is 97.1 Å². The van der Waals surface area contributed by atoms with Crippen molar-refractivity contribution in [3.05, 3.63) is 167 Å². The third kappa shape index (κ3) is 25.6. The highest BCUT2D eigenvalue weighted by Gasteiger charge is 2.35. The van der Waals surface area contributed by atoms with E-state index in [2.05, 4.69) is 0 Å². The number of aliphatic hydroxyl groups is 4. The number of imidazole rings is 4. The molecule has 0 fully saturated rings. The van der Waals surface area contributed by atoms with Gasteiger partial charge >= 0.3 is 0 Å². The third-order valence-electron chi connectivity index (χ3n) is 21.2. The number of carbonyl (C=O) groups excluding carboxylic acids is 4. The maximum Gasteiger partial charge on any atom is 0.162 e. The van der Waals surface area contributed by atoms with Crippen molar-refractivity contribution in [2.45, 2.75) is 184 Å². The molecule has 0 saturated carbocycles. The summed E-state index contributed by atoms with van der Waals surface area (Å²) in [5.74, 6) is 1.76. The Morgan fingerprint density at radius 2 is 0.496 bits per heavy atom. The first-order valence-corrected chi connectivity index (χ1v) is 43.4. The molecule has 0 aliphatic heterocycles. The molecule has 672 valence electrons. The molecular weight excluding hydrogens is 1600 g/mol. The van der Waals surface area contributed by atoms with Gasteiger partial charge in [0.15, 0.2) is 23.1 Å². The number of ketones is 4. The van der Waals surface area contributed by atoms with E-state index in [1.165, 1.54) is 0 Å². The van der Waals surface area contributed by atoms with Gasteiger partial charge in [0.25, 0.3) is 0 Å². The van der Waals surface area contributed by atoms with Crippen LogP contribution in [0.1, 0.15) is 129 Å². The van der Waals surface area contributed by atoms with Gasteiger partial charge in [-0.05, 0) is 151 Å². The maximum absolute atomic E-state index is 14.1. The molecule has 0 spiro atoms. The van der Waals surface area contributed by atoms with Crippen molar-refractivity contribution in [1.82, 2.24) is 38.2 Å². The molecule has 12 aromatic rings. The molecule has 12 rings (SSSR count). The second kappa shape index (κ2) is 43.5. The molecule has 0 aliphatic carbocycles. The van der Waals surface area contributed by atoms with Crippen LogP contribution in [0.4, 0.5) is 0 Å². The second-order valence-corrected chi connectivity index (χ2v) is 34.9. The van der Waals surface area contributed by atoms with Crippen LogP contribution in [0.2, 0.25) is 0 Å². The summed E-state index contributed by atoms with van der Waals surface area (Å²) in [6, 6.07) is 39.5. The monoisotopic (exact) mass is 1720 g/mol. The lowest BCUT2D eigenvalue weighted by atomic mass is 9.92. The normalized spacial score (nSPS) is 12.7. The Morgan fingerprint density at radius 1 is 0.296 bits per heavy atom. The zero-order valence-corrected chi connectivity index (χ0v) is 74.6. The van der Waals surface area contributed by atoms with Gasteiger partial charge in [-0.3, -0.25) is 19.2 Å². The van der Waals surface area contributed by atoms with Gasteiger partial charge in [0.2, 0.25) is 0 Å². The van der Waals surface area contributed by atoms with Crippen LogP contribution in [0.5, 0.6) is 0 Å². The van der Waals surface area contributed by atoms with Crippen molar-refractivity contribution in [2.75, 3.05) is 132 Å². The molecule has 4 heterocycles. The maximum atomic E-state index is 14.1. The number of carbonyl (C=O) groups is 4. The number of Topliss-reactive ketones (excluding diaryl/α,β-unsaturated/α-hetero) is 4. The molecule has 8 aromatic carbocycles. The van der Waals surface area contributed by atoms with Crippen molar-refractivity contribution < 1.29 is 96.4 Å². The SMILES string of the molecule is CCOCc1nc2c(CC(=O)COCCOCC(COCCOCC(=O)Cc3cc4ccccc4c4c3nc(COCC)n4CC(C)(C)O)(COCCOCC(=O)Cc3cc4ccccc4c4c3nc(COCC)n4CC(C)(C)O)COCCOCC(=O)Cc3cc4ccccc4c4c3nc(COCC)n4CC(C)(C)O)cc3ccccc3c2n1CC(C)(C)O. The van der Waals surface area contributed by atoms with Crippen molar-refractivity contribution in [3.8, 4) is 0 Å². The van der Waals surface area contributed by atoms with Gasteiger partial charge in [0, 0.05) is 73.7 Å². The minimum Gasteiger partial charge on any atom is -0.389 e. The number of rotatable bonds is 56. The summed E-state index contributed by atoms with van der Waals surface area (Å²) in [5, 5.41) is 51.9. The molecular formula is C97H124N8O20. The van der Waals surface area contributed by atoms with Crippen LogP contribution in [0.15, 0.2) is 121 Å². The number of aromatic nitrogens is 8. The average Bonchev–Trinajstić information content (AvgIpc) is 1.63. The topological polar surface area (TPSA) is 331 Å². The molecule has 4 N–H and O–H groups in total. The second-order valence-electron chi connectivity index (χ2n) is 34.9. The minimum atomic E-state index is -1.09. The molecule has 0 radical (unpaired) electrons. The first-order valence-electron chi connectivity index (χ1n) is 43.4. The van der Waals surface area contributed by atoms with E-state index in [1.807, 2.05) is 167 Å². The van der Waals surface area contributed by atoms with Crippen LogP contribution >= 0.6 is 0 Å². The molecule has 0 saturated heterocycles. The van der Waals surface area contributed by atoms with Crippen molar-refractivity contribution in [3.63, 3.8) is 0 Å². The van der Waals surface area contributed by atoms with Crippen LogP contribution in [-0.4, -0.2) is 236 Å². The zero-order chi connectivity index (χ0) is 89.1. The van der Waals surface area contributed by atoms with Crippen LogP contribution in [-0.2, 0) is 154 Å². The van der Waals surface area contributed by atoms with E-state index in [9.17, 15) is 39.6 Å².